The molecule has 1 aliphatic rings. The Hall–Kier alpha value is -1.45. The third-order valence-corrected chi connectivity index (χ3v) is 2.21. The summed E-state index contributed by atoms with van der Waals surface area (Å²) in [5, 5.41) is 3.27. The van der Waals surface area contributed by atoms with Crippen molar-refractivity contribution < 1.29 is 0 Å². The van der Waals surface area contributed by atoms with Crippen molar-refractivity contribution in [3.63, 3.8) is 0 Å². The lowest BCUT2D eigenvalue weighted by Gasteiger charge is -2.28. The van der Waals surface area contributed by atoms with Crippen LogP contribution >= 0.6 is 0 Å². The van der Waals surface area contributed by atoms with Gasteiger partial charge in [-0.2, -0.15) is 0 Å². The fourth-order valence-electron chi connectivity index (χ4n) is 1.32. The van der Waals surface area contributed by atoms with Gasteiger partial charge >= 0.3 is 0 Å². The number of rotatable bonds is 1. The molecule has 1 aromatic rings. The average Bonchev–Trinajstić information content (AvgIpc) is 2.19. The molecular formula is C10H14N4. The summed E-state index contributed by atoms with van der Waals surface area (Å²) in [4.78, 5) is 12.7. The van der Waals surface area contributed by atoms with E-state index < -0.39 is 0 Å². The maximum Gasteiger partial charge on any atom is 0.148 e. The second-order valence-corrected chi connectivity index (χ2v) is 4.27. The second kappa shape index (κ2) is 3.36. The van der Waals surface area contributed by atoms with Crippen LogP contribution < -0.4 is 5.32 Å². The van der Waals surface area contributed by atoms with Gasteiger partial charge in [-0.1, -0.05) is 13.8 Å². The van der Waals surface area contributed by atoms with Crippen molar-refractivity contribution in [3.05, 3.63) is 24.3 Å². The Balaban J connectivity index is 2.19. The van der Waals surface area contributed by atoms with Crippen LogP contribution in [0, 0.1) is 5.41 Å². The van der Waals surface area contributed by atoms with Crippen LogP contribution in [0.3, 0.4) is 0 Å². The van der Waals surface area contributed by atoms with E-state index >= 15 is 0 Å². The SMILES string of the molecule is CC1(C)CN=C(c2cnccn2)NC1. The van der Waals surface area contributed by atoms with Crippen molar-refractivity contribution in [3.8, 4) is 0 Å². The van der Waals surface area contributed by atoms with Gasteiger partial charge in [-0.15, -0.1) is 0 Å². The van der Waals surface area contributed by atoms with Crippen molar-refractivity contribution in [1.82, 2.24) is 15.3 Å². The number of aliphatic imine (C=N–C) groups is 1. The zero-order valence-electron chi connectivity index (χ0n) is 8.49. The number of nitrogens with zero attached hydrogens (tertiary/aromatic N) is 3. The number of nitrogens with one attached hydrogen (secondary N) is 1. The number of amidine groups is 1. The number of hydrogen-bond acceptors (Lipinski definition) is 4. The average molecular weight is 190 g/mol. The summed E-state index contributed by atoms with van der Waals surface area (Å²) in [6, 6.07) is 0. The molecule has 4 nitrogen and oxygen atoms in total. The normalized spacial score (nSPS) is 19.7. The molecule has 2 heterocycles. The largest absolute Gasteiger partial charge is 0.368 e. The topological polar surface area (TPSA) is 50.2 Å². The Labute approximate surface area is 83.5 Å². The van der Waals surface area contributed by atoms with Gasteiger partial charge in [0, 0.05) is 30.9 Å². The zero-order chi connectivity index (χ0) is 10.0. The van der Waals surface area contributed by atoms with Crippen LogP contribution in [0.25, 0.3) is 0 Å². The maximum absolute atomic E-state index is 4.46. The lowest BCUT2D eigenvalue weighted by molar-refractivity contribution is 0.362. The van der Waals surface area contributed by atoms with E-state index in [1.165, 1.54) is 0 Å². The van der Waals surface area contributed by atoms with E-state index in [1.807, 2.05) is 0 Å². The van der Waals surface area contributed by atoms with Crippen molar-refractivity contribution >= 4 is 5.84 Å². The predicted molar refractivity (Wildman–Crippen MR) is 55.2 cm³/mol. The summed E-state index contributed by atoms with van der Waals surface area (Å²) in [7, 11) is 0. The van der Waals surface area contributed by atoms with Crippen LogP contribution in [-0.4, -0.2) is 28.9 Å². The Morgan fingerprint density at radius 3 is 2.79 bits per heavy atom. The molecule has 14 heavy (non-hydrogen) atoms. The van der Waals surface area contributed by atoms with Crippen LogP contribution in [0.1, 0.15) is 19.5 Å². The second-order valence-electron chi connectivity index (χ2n) is 4.27. The third-order valence-electron chi connectivity index (χ3n) is 2.21. The molecule has 0 radical (unpaired) electrons. The molecule has 0 saturated carbocycles. The van der Waals surface area contributed by atoms with E-state index in [1.54, 1.807) is 18.6 Å². The summed E-state index contributed by atoms with van der Waals surface area (Å²) in [6.45, 7) is 6.15. The molecule has 0 bridgehead atoms. The van der Waals surface area contributed by atoms with Crippen molar-refractivity contribution in [2.75, 3.05) is 13.1 Å². The fourth-order valence-corrected chi connectivity index (χ4v) is 1.32. The van der Waals surface area contributed by atoms with Gasteiger partial charge in [-0.25, -0.2) is 4.98 Å². The molecule has 0 fully saturated rings. The zero-order valence-corrected chi connectivity index (χ0v) is 8.49. The molecule has 0 aliphatic carbocycles. The lowest BCUT2D eigenvalue weighted by atomic mass is 9.92. The van der Waals surface area contributed by atoms with Gasteiger partial charge in [-0.3, -0.25) is 9.98 Å². The van der Waals surface area contributed by atoms with E-state index in [0.29, 0.717) is 0 Å². The Kier molecular flexibility index (Phi) is 2.19. The van der Waals surface area contributed by atoms with Gasteiger partial charge in [0.15, 0.2) is 0 Å². The first-order chi connectivity index (χ1) is 6.67. The molecular weight excluding hydrogens is 176 g/mol. The molecule has 0 aromatic carbocycles. The summed E-state index contributed by atoms with van der Waals surface area (Å²) >= 11 is 0. The highest BCUT2D eigenvalue weighted by atomic mass is 15.1. The predicted octanol–water partition coefficient (Wildman–Crippen LogP) is 0.853. The van der Waals surface area contributed by atoms with E-state index in [9.17, 15) is 0 Å². The van der Waals surface area contributed by atoms with Gasteiger partial charge in [0.25, 0.3) is 0 Å². The first-order valence-electron chi connectivity index (χ1n) is 4.72. The van der Waals surface area contributed by atoms with Gasteiger partial charge in [0.2, 0.25) is 0 Å². The van der Waals surface area contributed by atoms with Crippen LogP contribution in [0.4, 0.5) is 0 Å². The molecule has 0 atom stereocenters. The molecule has 1 N–H and O–H groups in total. The van der Waals surface area contributed by atoms with E-state index in [4.69, 9.17) is 0 Å². The van der Waals surface area contributed by atoms with Crippen LogP contribution in [0.2, 0.25) is 0 Å². The van der Waals surface area contributed by atoms with Crippen molar-refractivity contribution in [2.45, 2.75) is 13.8 Å². The van der Waals surface area contributed by atoms with Gasteiger partial charge < -0.3 is 5.32 Å². The third kappa shape index (κ3) is 1.89. The summed E-state index contributed by atoms with van der Waals surface area (Å²) in [5.74, 6) is 0.859. The summed E-state index contributed by atoms with van der Waals surface area (Å²) in [6.07, 6.45) is 5.07. The maximum atomic E-state index is 4.46. The van der Waals surface area contributed by atoms with Crippen LogP contribution in [-0.2, 0) is 0 Å². The van der Waals surface area contributed by atoms with Crippen molar-refractivity contribution in [2.24, 2.45) is 10.4 Å². The minimum Gasteiger partial charge on any atom is -0.368 e. The fraction of sp³-hybridized carbons (Fsp3) is 0.500. The molecule has 2 rings (SSSR count). The van der Waals surface area contributed by atoms with Crippen LogP contribution in [0.5, 0.6) is 0 Å². The van der Waals surface area contributed by atoms with Gasteiger partial charge in [0.1, 0.15) is 11.5 Å². The molecule has 4 heteroatoms. The number of aromatic nitrogens is 2. The van der Waals surface area contributed by atoms with E-state index in [2.05, 4.69) is 34.1 Å². The Bertz CT molecular complexity index is 342. The minimum atomic E-state index is 0.242. The molecule has 0 saturated heterocycles. The standard InChI is InChI=1S/C10H14N4/c1-10(2)6-13-9(14-7-10)8-5-11-3-4-12-8/h3-5H,6-7H2,1-2H3,(H,13,14). The summed E-state index contributed by atoms with van der Waals surface area (Å²) < 4.78 is 0. The van der Waals surface area contributed by atoms with E-state index in [0.717, 1.165) is 24.6 Å². The van der Waals surface area contributed by atoms with E-state index in [-0.39, 0.29) is 5.41 Å². The molecule has 74 valence electrons. The first-order valence-corrected chi connectivity index (χ1v) is 4.72. The highest BCUT2D eigenvalue weighted by Gasteiger charge is 2.23. The molecule has 1 aromatic heterocycles. The van der Waals surface area contributed by atoms with Gasteiger partial charge in [0.05, 0.1) is 6.20 Å². The molecule has 0 amide bonds. The van der Waals surface area contributed by atoms with Crippen molar-refractivity contribution in [1.29, 1.82) is 0 Å². The van der Waals surface area contributed by atoms with Gasteiger partial charge in [-0.05, 0) is 0 Å². The summed E-state index contributed by atoms with van der Waals surface area (Å²) in [5.41, 5.74) is 1.06. The monoisotopic (exact) mass is 190 g/mol. The molecule has 1 aliphatic heterocycles. The first kappa shape index (κ1) is 9.12. The minimum absolute atomic E-state index is 0.242. The molecule has 0 spiro atoms. The lowest BCUT2D eigenvalue weighted by Crippen LogP contribution is -2.41. The highest BCUT2D eigenvalue weighted by molar-refractivity contribution is 5.97. The molecule has 0 unspecified atom stereocenters. The Morgan fingerprint density at radius 1 is 1.36 bits per heavy atom. The number of hydrogen-bond donors (Lipinski definition) is 1. The highest BCUT2D eigenvalue weighted by Crippen LogP contribution is 2.17. The smallest absolute Gasteiger partial charge is 0.148 e. The Morgan fingerprint density at radius 2 is 2.21 bits per heavy atom. The van der Waals surface area contributed by atoms with Crippen LogP contribution in [0.15, 0.2) is 23.6 Å². The quantitative estimate of drug-likeness (QED) is 0.714.